The minimum Gasteiger partial charge on any atom is -0.350 e. The van der Waals surface area contributed by atoms with Gasteiger partial charge in [0, 0.05) is 6.42 Å². The highest BCUT2D eigenvalue weighted by Gasteiger charge is 2.16. The summed E-state index contributed by atoms with van der Waals surface area (Å²) in [5, 5.41) is 6.22. The van der Waals surface area contributed by atoms with Crippen LogP contribution in [-0.4, -0.2) is 19.0 Å². The van der Waals surface area contributed by atoms with E-state index >= 15 is 0 Å². The van der Waals surface area contributed by atoms with Gasteiger partial charge >= 0.3 is 0 Å². The molecule has 4 heteroatoms. The minimum absolute atomic E-state index is 0.0451. The zero-order chi connectivity index (χ0) is 13.7. The van der Waals surface area contributed by atoms with Crippen molar-refractivity contribution in [2.75, 3.05) is 13.1 Å². The van der Waals surface area contributed by atoms with Crippen LogP contribution in [0.3, 0.4) is 0 Å². The lowest BCUT2D eigenvalue weighted by Gasteiger charge is -2.15. The first-order valence-corrected chi connectivity index (χ1v) is 6.90. The lowest BCUT2D eigenvalue weighted by atomic mass is 10.0. The Morgan fingerprint density at radius 3 is 3.11 bits per heavy atom. The highest BCUT2D eigenvalue weighted by Crippen LogP contribution is 2.16. The Bertz CT molecular complexity index is 430. The van der Waals surface area contributed by atoms with Crippen LogP contribution in [0.4, 0.5) is 4.39 Å². The topological polar surface area (TPSA) is 41.1 Å². The first-order valence-electron chi connectivity index (χ1n) is 6.90. The maximum absolute atomic E-state index is 13.1. The van der Waals surface area contributed by atoms with Gasteiger partial charge in [0.2, 0.25) is 5.91 Å². The van der Waals surface area contributed by atoms with Crippen molar-refractivity contribution in [3.05, 3.63) is 35.6 Å². The monoisotopic (exact) mass is 264 g/mol. The molecule has 0 spiro atoms. The second-order valence-electron chi connectivity index (χ2n) is 5.24. The van der Waals surface area contributed by atoms with Crippen molar-refractivity contribution in [2.45, 2.75) is 32.2 Å². The quantitative estimate of drug-likeness (QED) is 0.857. The summed E-state index contributed by atoms with van der Waals surface area (Å²) in [6.45, 7) is 3.96. The molecule has 19 heavy (non-hydrogen) atoms. The Kier molecular flexibility index (Phi) is 4.91. The number of rotatable bonds is 5. The standard InChI is InChI=1S/C15H21FN2O/c1-11(13-3-2-4-14(16)9-13)18-15(19)6-5-12-7-8-17-10-12/h2-4,9,11-12,17H,5-8,10H2,1H3,(H,18,19)/t11-,12?/m1/s1. The summed E-state index contributed by atoms with van der Waals surface area (Å²) in [5.74, 6) is 0.398. The summed E-state index contributed by atoms with van der Waals surface area (Å²) in [4.78, 5) is 11.8. The fourth-order valence-electron chi connectivity index (χ4n) is 2.47. The van der Waals surface area contributed by atoms with Gasteiger partial charge in [-0.05, 0) is 56.5 Å². The number of hydrogen-bond acceptors (Lipinski definition) is 2. The summed E-state index contributed by atoms with van der Waals surface area (Å²) < 4.78 is 13.1. The van der Waals surface area contributed by atoms with Crippen LogP contribution in [0.2, 0.25) is 0 Å². The van der Waals surface area contributed by atoms with Gasteiger partial charge in [0.05, 0.1) is 6.04 Å². The molecule has 0 saturated carbocycles. The maximum Gasteiger partial charge on any atom is 0.220 e. The van der Waals surface area contributed by atoms with Crippen molar-refractivity contribution in [3.8, 4) is 0 Å². The average molecular weight is 264 g/mol. The molecule has 1 aromatic carbocycles. The average Bonchev–Trinajstić information content (AvgIpc) is 2.89. The van der Waals surface area contributed by atoms with Gasteiger partial charge in [0.1, 0.15) is 5.82 Å². The summed E-state index contributed by atoms with van der Waals surface area (Å²) in [7, 11) is 0. The molecule has 1 aliphatic rings. The van der Waals surface area contributed by atoms with Crippen molar-refractivity contribution in [2.24, 2.45) is 5.92 Å². The molecule has 2 N–H and O–H groups in total. The number of amides is 1. The molecule has 1 saturated heterocycles. The molecule has 104 valence electrons. The van der Waals surface area contributed by atoms with E-state index in [0.29, 0.717) is 12.3 Å². The van der Waals surface area contributed by atoms with Crippen LogP contribution in [0, 0.1) is 11.7 Å². The van der Waals surface area contributed by atoms with Crippen molar-refractivity contribution >= 4 is 5.91 Å². The number of carbonyl (C=O) groups is 1. The minimum atomic E-state index is -0.268. The maximum atomic E-state index is 13.1. The molecule has 2 atom stereocenters. The Balaban J connectivity index is 1.77. The van der Waals surface area contributed by atoms with Crippen LogP contribution in [0.15, 0.2) is 24.3 Å². The van der Waals surface area contributed by atoms with E-state index in [0.717, 1.165) is 31.5 Å². The molecule has 3 nitrogen and oxygen atoms in total. The fraction of sp³-hybridized carbons (Fsp3) is 0.533. The Morgan fingerprint density at radius 2 is 2.42 bits per heavy atom. The molecule has 1 fully saturated rings. The Labute approximate surface area is 113 Å². The van der Waals surface area contributed by atoms with Crippen LogP contribution in [0.25, 0.3) is 0 Å². The van der Waals surface area contributed by atoms with Gasteiger partial charge < -0.3 is 10.6 Å². The summed E-state index contributed by atoms with van der Waals surface area (Å²) in [5.41, 5.74) is 0.802. The van der Waals surface area contributed by atoms with Crippen molar-refractivity contribution < 1.29 is 9.18 Å². The number of nitrogens with one attached hydrogen (secondary N) is 2. The molecule has 1 amide bonds. The fourth-order valence-corrected chi connectivity index (χ4v) is 2.47. The summed E-state index contributed by atoms with van der Waals surface area (Å²) >= 11 is 0. The highest BCUT2D eigenvalue weighted by molar-refractivity contribution is 5.76. The molecule has 0 aliphatic carbocycles. The van der Waals surface area contributed by atoms with Crippen LogP contribution < -0.4 is 10.6 Å². The number of hydrogen-bond donors (Lipinski definition) is 2. The smallest absolute Gasteiger partial charge is 0.220 e. The molecule has 1 aromatic rings. The lowest BCUT2D eigenvalue weighted by molar-refractivity contribution is -0.122. The molecule has 1 unspecified atom stereocenters. The van der Waals surface area contributed by atoms with Gasteiger partial charge in [-0.1, -0.05) is 12.1 Å². The highest BCUT2D eigenvalue weighted by atomic mass is 19.1. The van der Waals surface area contributed by atoms with E-state index in [1.54, 1.807) is 6.07 Å². The largest absolute Gasteiger partial charge is 0.350 e. The molecule has 0 bridgehead atoms. The van der Waals surface area contributed by atoms with Gasteiger partial charge in [0.15, 0.2) is 0 Å². The second kappa shape index (κ2) is 6.66. The van der Waals surface area contributed by atoms with E-state index in [9.17, 15) is 9.18 Å². The van der Waals surface area contributed by atoms with Gasteiger partial charge in [-0.2, -0.15) is 0 Å². The van der Waals surface area contributed by atoms with E-state index < -0.39 is 0 Å². The predicted molar refractivity (Wildman–Crippen MR) is 73.2 cm³/mol. The van der Waals surface area contributed by atoms with Gasteiger partial charge in [-0.15, -0.1) is 0 Å². The number of carbonyl (C=O) groups excluding carboxylic acids is 1. The number of halogens is 1. The molecule has 1 aliphatic heterocycles. The lowest BCUT2D eigenvalue weighted by Crippen LogP contribution is -2.27. The molecular formula is C15H21FN2O. The SMILES string of the molecule is C[C@@H](NC(=O)CCC1CCNC1)c1cccc(F)c1. The van der Waals surface area contributed by atoms with Crippen LogP contribution >= 0.6 is 0 Å². The zero-order valence-electron chi connectivity index (χ0n) is 11.3. The Morgan fingerprint density at radius 1 is 1.58 bits per heavy atom. The van der Waals surface area contributed by atoms with Crippen molar-refractivity contribution in [3.63, 3.8) is 0 Å². The second-order valence-corrected chi connectivity index (χ2v) is 5.24. The molecule has 0 radical (unpaired) electrons. The van der Waals surface area contributed by atoms with E-state index in [-0.39, 0.29) is 17.8 Å². The van der Waals surface area contributed by atoms with Gasteiger partial charge in [0.25, 0.3) is 0 Å². The van der Waals surface area contributed by atoms with Crippen LogP contribution in [-0.2, 0) is 4.79 Å². The predicted octanol–water partition coefficient (Wildman–Crippen LogP) is 2.39. The molecular weight excluding hydrogens is 243 g/mol. The third kappa shape index (κ3) is 4.31. The van der Waals surface area contributed by atoms with E-state index in [1.807, 2.05) is 13.0 Å². The van der Waals surface area contributed by atoms with Crippen LogP contribution in [0.5, 0.6) is 0 Å². The van der Waals surface area contributed by atoms with Crippen molar-refractivity contribution in [1.29, 1.82) is 0 Å². The van der Waals surface area contributed by atoms with E-state index in [4.69, 9.17) is 0 Å². The van der Waals surface area contributed by atoms with E-state index in [2.05, 4.69) is 10.6 Å². The third-order valence-corrected chi connectivity index (χ3v) is 3.67. The van der Waals surface area contributed by atoms with E-state index in [1.165, 1.54) is 12.1 Å². The molecule has 0 aromatic heterocycles. The molecule has 2 rings (SSSR count). The third-order valence-electron chi connectivity index (χ3n) is 3.67. The molecule has 1 heterocycles. The normalized spacial score (nSPS) is 20.2. The first kappa shape index (κ1) is 14.0. The van der Waals surface area contributed by atoms with Crippen LogP contribution in [0.1, 0.15) is 37.8 Å². The first-order chi connectivity index (χ1) is 9.15. The Hall–Kier alpha value is -1.42. The number of benzene rings is 1. The summed E-state index contributed by atoms with van der Waals surface area (Å²) in [6, 6.07) is 6.22. The summed E-state index contributed by atoms with van der Waals surface area (Å²) in [6.07, 6.45) is 2.63. The van der Waals surface area contributed by atoms with Crippen molar-refractivity contribution in [1.82, 2.24) is 10.6 Å². The zero-order valence-corrected chi connectivity index (χ0v) is 11.3. The van der Waals surface area contributed by atoms with Gasteiger partial charge in [-0.25, -0.2) is 4.39 Å². The van der Waals surface area contributed by atoms with Gasteiger partial charge in [-0.3, -0.25) is 4.79 Å².